The van der Waals surface area contributed by atoms with Gasteiger partial charge in [-0.05, 0) is 18.2 Å². The van der Waals surface area contributed by atoms with Crippen LogP contribution in [0.15, 0.2) is 42.5 Å². The molecule has 0 heterocycles. The van der Waals surface area contributed by atoms with Crippen LogP contribution in [0, 0.1) is 15.9 Å². The summed E-state index contributed by atoms with van der Waals surface area (Å²) in [6.07, 6.45) is -1.27. The zero-order valence-corrected chi connectivity index (χ0v) is 12.5. The summed E-state index contributed by atoms with van der Waals surface area (Å²) in [4.78, 5) is 22.3. The molecule has 0 aromatic heterocycles. The summed E-state index contributed by atoms with van der Waals surface area (Å²) in [5.41, 5.74) is -0.617. The average Bonchev–Trinajstić information content (AvgIpc) is 2.52. The van der Waals surface area contributed by atoms with Crippen LogP contribution in [0.1, 0.15) is 22.0 Å². The van der Waals surface area contributed by atoms with Crippen LogP contribution in [0.2, 0.25) is 5.02 Å². The largest absolute Gasteiger partial charge is 0.386 e. The van der Waals surface area contributed by atoms with E-state index in [9.17, 15) is 24.4 Å². The third-order valence-electron chi connectivity index (χ3n) is 3.12. The Hall–Kier alpha value is -2.51. The minimum atomic E-state index is -1.27. The standard InChI is InChI=1S/C15H12ClFN2O4/c16-9-5-6-11(13(7-9)19(22)23)15(21)18-8-14(20)10-3-1-2-4-12(10)17/h1-7,14,20H,8H2,(H,18,21). The molecule has 2 N–H and O–H groups in total. The van der Waals surface area contributed by atoms with Gasteiger partial charge in [0.05, 0.1) is 11.0 Å². The quantitative estimate of drug-likeness (QED) is 0.647. The summed E-state index contributed by atoms with van der Waals surface area (Å²) in [7, 11) is 0. The lowest BCUT2D eigenvalue weighted by Gasteiger charge is -2.13. The van der Waals surface area contributed by atoms with Gasteiger partial charge in [0.25, 0.3) is 11.6 Å². The normalized spacial score (nSPS) is 11.8. The Morgan fingerprint density at radius 3 is 2.70 bits per heavy atom. The van der Waals surface area contributed by atoms with Crippen LogP contribution in [0.3, 0.4) is 0 Å². The second-order valence-electron chi connectivity index (χ2n) is 4.67. The van der Waals surface area contributed by atoms with Crippen molar-refractivity contribution >= 4 is 23.2 Å². The molecule has 1 atom stereocenters. The number of amides is 1. The van der Waals surface area contributed by atoms with Gasteiger partial charge in [-0.3, -0.25) is 14.9 Å². The number of benzene rings is 2. The molecule has 120 valence electrons. The molecule has 0 aliphatic rings. The SMILES string of the molecule is O=C(NCC(O)c1ccccc1F)c1ccc(Cl)cc1[N+](=O)[O-]. The van der Waals surface area contributed by atoms with Crippen molar-refractivity contribution < 1.29 is 19.2 Å². The van der Waals surface area contributed by atoms with Crippen molar-refractivity contribution in [2.75, 3.05) is 6.54 Å². The first-order valence-corrected chi connectivity index (χ1v) is 6.92. The molecule has 0 bridgehead atoms. The number of aliphatic hydroxyl groups excluding tert-OH is 1. The van der Waals surface area contributed by atoms with Crippen molar-refractivity contribution in [3.05, 3.63) is 74.5 Å². The molecule has 1 unspecified atom stereocenters. The highest BCUT2D eigenvalue weighted by Gasteiger charge is 2.21. The summed E-state index contributed by atoms with van der Waals surface area (Å²) in [5.74, 6) is -1.37. The molecule has 0 saturated carbocycles. The Kier molecular flexibility index (Phi) is 5.25. The van der Waals surface area contributed by atoms with Gasteiger partial charge in [0.15, 0.2) is 0 Å². The number of nitro groups is 1. The monoisotopic (exact) mass is 338 g/mol. The number of carbonyl (C=O) groups is 1. The van der Waals surface area contributed by atoms with Crippen molar-refractivity contribution in [2.45, 2.75) is 6.10 Å². The van der Waals surface area contributed by atoms with E-state index in [-0.39, 0.29) is 22.7 Å². The van der Waals surface area contributed by atoms with Crippen LogP contribution in [-0.4, -0.2) is 22.5 Å². The molecular formula is C15H12ClFN2O4. The van der Waals surface area contributed by atoms with E-state index >= 15 is 0 Å². The van der Waals surface area contributed by atoms with Gasteiger partial charge in [-0.1, -0.05) is 29.8 Å². The zero-order valence-electron chi connectivity index (χ0n) is 11.7. The van der Waals surface area contributed by atoms with Crippen molar-refractivity contribution in [1.29, 1.82) is 0 Å². The van der Waals surface area contributed by atoms with E-state index in [4.69, 9.17) is 11.6 Å². The van der Waals surface area contributed by atoms with Gasteiger partial charge in [-0.25, -0.2) is 4.39 Å². The number of rotatable bonds is 5. The molecule has 0 radical (unpaired) electrons. The Bertz CT molecular complexity index is 754. The minimum absolute atomic E-state index is 0.0263. The van der Waals surface area contributed by atoms with E-state index in [1.165, 1.54) is 30.3 Å². The number of halogens is 2. The van der Waals surface area contributed by atoms with Gasteiger partial charge in [-0.2, -0.15) is 0 Å². The molecule has 0 spiro atoms. The molecule has 0 saturated heterocycles. The van der Waals surface area contributed by atoms with Crippen LogP contribution < -0.4 is 5.32 Å². The van der Waals surface area contributed by atoms with Gasteiger partial charge in [-0.15, -0.1) is 0 Å². The van der Waals surface area contributed by atoms with Gasteiger partial charge in [0.1, 0.15) is 11.4 Å². The number of carbonyl (C=O) groups excluding carboxylic acids is 1. The van der Waals surface area contributed by atoms with Crippen molar-refractivity contribution in [2.24, 2.45) is 0 Å². The lowest BCUT2D eigenvalue weighted by atomic mass is 10.1. The van der Waals surface area contributed by atoms with E-state index in [2.05, 4.69) is 5.32 Å². The maximum absolute atomic E-state index is 13.5. The third kappa shape index (κ3) is 4.02. The van der Waals surface area contributed by atoms with E-state index in [0.29, 0.717) is 0 Å². The van der Waals surface area contributed by atoms with Crippen LogP contribution in [0.4, 0.5) is 10.1 Å². The summed E-state index contributed by atoms with van der Waals surface area (Å²) >= 11 is 5.67. The Morgan fingerprint density at radius 2 is 2.04 bits per heavy atom. The predicted molar refractivity (Wildman–Crippen MR) is 81.8 cm³/mol. The minimum Gasteiger partial charge on any atom is -0.386 e. The van der Waals surface area contributed by atoms with Gasteiger partial charge >= 0.3 is 0 Å². The van der Waals surface area contributed by atoms with E-state index < -0.39 is 28.4 Å². The Morgan fingerprint density at radius 1 is 1.35 bits per heavy atom. The van der Waals surface area contributed by atoms with E-state index in [0.717, 1.165) is 6.07 Å². The van der Waals surface area contributed by atoms with E-state index in [1.807, 2.05) is 0 Å². The second-order valence-corrected chi connectivity index (χ2v) is 5.10. The third-order valence-corrected chi connectivity index (χ3v) is 3.36. The van der Waals surface area contributed by atoms with Gasteiger partial charge < -0.3 is 10.4 Å². The predicted octanol–water partition coefficient (Wildman–Crippen LogP) is 2.85. The number of hydrogen-bond acceptors (Lipinski definition) is 4. The molecule has 6 nitrogen and oxygen atoms in total. The molecule has 2 rings (SSSR count). The molecule has 1 amide bonds. The number of nitrogens with one attached hydrogen (secondary N) is 1. The van der Waals surface area contributed by atoms with Crippen LogP contribution in [-0.2, 0) is 0 Å². The number of hydrogen-bond donors (Lipinski definition) is 2. The highest BCUT2D eigenvalue weighted by molar-refractivity contribution is 6.31. The molecule has 2 aromatic rings. The molecular weight excluding hydrogens is 327 g/mol. The first kappa shape index (κ1) is 16.9. The molecule has 2 aromatic carbocycles. The zero-order chi connectivity index (χ0) is 17.0. The first-order valence-electron chi connectivity index (χ1n) is 6.54. The smallest absolute Gasteiger partial charge is 0.283 e. The Balaban J connectivity index is 2.11. The van der Waals surface area contributed by atoms with Crippen molar-refractivity contribution in [3.8, 4) is 0 Å². The Labute approximate surface area is 135 Å². The molecule has 0 aliphatic carbocycles. The van der Waals surface area contributed by atoms with E-state index in [1.54, 1.807) is 6.07 Å². The fourth-order valence-corrected chi connectivity index (χ4v) is 2.15. The first-order chi connectivity index (χ1) is 10.9. The highest BCUT2D eigenvalue weighted by atomic mass is 35.5. The second kappa shape index (κ2) is 7.17. The molecule has 8 heteroatoms. The number of nitrogens with zero attached hydrogens (tertiary/aromatic N) is 1. The highest BCUT2D eigenvalue weighted by Crippen LogP contribution is 2.23. The summed E-state index contributed by atoms with van der Waals surface area (Å²) in [6, 6.07) is 9.21. The maximum Gasteiger partial charge on any atom is 0.283 e. The maximum atomic E-state index is 13.5. The summed E-state index contributed by atoms with van der Waals surface area (Å²) in [5, 5.41) is 23.3. The van der Waals surface area contributed by atoms with Gasteiger partial charge in [0.2, 0.25) is 0 Å². The average molecular weight is 339 g/mol. The van der Waals surface area contributed by atoms with Crippen molar-refractivity contribution in [3.63, 3.8) is 0 Å². The van der Waals surface area contributed by atoms with Crippen molar-refractivity contribution in [1.82, 2.24) is 5.32 Å². The fourth-order valence-electron chi connectivity index (χ4n) is 1.99. The molecule has 0 aliphatic heterocycles. The molecule has 0 fully saturated rings. The van der Waals surface area contributed by atoms with Crippen LogP contribution >= 0.6 is 11.6 Å². The number of nitro benzene ring substituents is 1. The van der Waals surface area contributed by atoms with Crippen LogP contribution in [0.5, 0.6) is 0 Å². The topological polar surface area (TPSA) is 92.5 Å². The lowest BCUT2D eigenvalue weighted by molar-refractivity contribution is -0.385. The van der Waals surface area contributed by atoms with Gasteiger partial charge in [0, 0.05) is 23.2 Å². The lowest BCUT2D eigenvalue weighted by Crippen LogP contribution is -2.29. The molecule has 23 heavy (non-hydrogen) atoms. The fraction of sp³-hybridized carbons (Fsp3) is 0.133. The summed E-state index contributed by atoms with van der Waals surface area (Å²) in [6.45, 7) is -0.292. The summed E-state index contributed by atoms with van der Waals surface area (Å²) < 4.78 is 13.5. The van der Waals surface area contributed by atoms with Crippen LogP contribution in [0.25, 0.3) is 0 Å². The number of aliphatic hydroxyl groups is 1.